The number of methoxy groups -OCH3 is 1. The van der Waals surface area contributed by atoms with E-state index in [2.05, 4.69) is 39.4 Å². The number of rotatable bonds is 7. The van der Waals surface area contributed by atoms with Crippen LogP contribution in [-0.4, -0.2) is 75.4 Å². The molecule has 3 rings (SSSR count). The predicted molar refractivity (Wildman–Crippen MR) is 99.2 cm³/mol. The summed E-state index contributed by atoms with van der Waals surface area (Å²) in [7, 11) is 1.69. The molecule has 0 radical (unpaired) electrons. The maximum absolute atomic E-state index is 5.62. The van der Waals surface area contributed by atoms with E-state index in [4.69, 9.17) is 9.47 Å². The van der Waals surface area contributed by atoms with Crippen molar-refractivity contribution in [2.75, 3.05) is 59.6 Å². The summed E-state index contributed by atoms with van der Waals surface area (Å²) in [5.74, 6) is 0.922. The van der Waals surface area contributed by atoms with Crippen LogP contribution < -0.4 is 10.1 Å². The molecule has 0 aliphatic carbocycles. The lowest BCUT2D eigenvalue weighted by Gasteiger charge is -2.32. The van der Waals surface area contributed by atoms with Crippen LogP contribution in [0, 0.1) is 0 Å². The Morgan fingerprint density at radius 2 is 1.83 bits per heavy atom. The summed E-state index contributed by atoms with van der Waals surface area (Å²) < 4.78 is 10.6. The van der Waals surface area contributed by atoms with Crippen molar-refractivity contribution in [3.8, 4) is 5.75 Å². The normalized spacial score (nSPS) is 22.3. The second-order valence-electron chi connectivity index (χ2n) is 6.45. The number of piperazine rings is 1. The lowest BCUT2D eigenvalue weighted by Crippen LogP contribution is -2.49. The molecule has 0 bridgehead atoms. The van der Waals surface area contributed by atoms with Crippen LogP contribution in [0.5, 0.6) is 5.75 Å². The van der Waals surface area contributed by atoms with Gasteiger partial charge < -0.3 is 14.8 Å². The molecule has 136 valence electrons. The summed E-state index contributed by atoms with van der Waals surface area (Å²) in [5.41, 5.74) is 1.37. The van der Waals surface area contributed by atoms with Crippen LogP contribution in [0.4, 0.5) is 0 Å². The van der Waals surface area contributed by atoms with E-state index < -0.39 is 0 Å². The quantitative estimate of drug-likeness (QED) is 0.752. The van der Waals surface area contributed by atoms with E-state index in [1.807, 2.05) is 0 Å². The molecule has 1 unspecified atom stereocenters. The molecule has 2 saturated heterocycles. The van der Waals surface area contributed by atoms with Crippen LogP contribution >= 0.6 is 12.4 Å². The van der Waals surface area contributed by atoms with E-state index in [-0.39, 0.29) is 12.4 Å². The summed E-state index contributed by atoms with van der Waals surface area (Å²) in [6.07, 6.45) is 1.30. The van der Waals surface area contributed by atoms with Gasteiger partial charge in [-0.3, -0.25) is 9.80 Å². The zero-order valence-corrected chi connectivity index (χ0v) is 15.4. The number of nitrogens with one attached hydrogen (secondary N) is 1. The first-order chi connectivity index (χ1) is 11.3. The lowest BCUT2D eigenvalue weighted by atomic mass is 10.2. The van der Waals surface area contributed by atoms with Crippen molar-refractivity contribution >= 4 is 12.4 Å². The largest absolute Gasteiger partial charge is 0.491 e. The minimum Gasteiger partial charge on any atom is -0.491 e. The maximum atomic E-state index is 5.62. The maximum Gasteiger partial charge on any atom is 0.119 e. The molecule has 1 aromatic rings. The summed E-state index contributed by atoms with van der Waals surface area (Å²) in [6, 6.07) is 9.23. The van der Waals surface area contributed by atoms with Crippen LogP contribution in [0.25, 0.3) is 0 Å². The topological polar surface area (TPSA) is 37.0 Å². The molecule has 2 aliphatic rings. The zero-order chi connectivity index (χ0) is 15.9. The van der Waals surface area contributed by atoms with Gasteiger partial charge in [0.2, 0.25) is 0 Å². The molecular formula is C18H30ClN3O2. The molecule has 2 aliphatic heterocycles. The Bertz CT molecular complexity index is 466. The molecule has 2 heterocycles. The summed E-state index contributed by atoms with van der Waals surface area (Å²) in [6.45, 7) is 9.37. The Hall–Kier alpha value is -0.850. The third kappa shape index (κ3) is 5.60. The molecule has 0 amide bonds. The zero-order valence-electron chi connectivity index (χ0n) is 14.6. The predicted octanol–water partition coefficient (Wildman–Crippen LogP) is 1.61. The number of benzene rings is 1. The number of hydrogen-bond acceptors (Lipinski definition) is 5. The first-order valence-corrected chi connectivity index (χ1v) is 8.73. The average molecular weight is 356 g/mol. The van der Waals surface area contributed by atoms with Crippen molar-refractivity contribution in [2.24, 2.45) is 0 Å². The minimum atomic E-state index is 0. The molecule has 0 aromatic heterocycles. The number of halogens is 1. The Morgan fingerprint density at radius 1 is 1.08 bits per heavy atom. The van der Waals surface area contributed by atoms with E-state index in [0.717, 1.165) is 31.4 Å². The minimum absolute atomic E-state index is 0. The van der Waals surface area contributed by atoms with Crippen molar-refractivity contribution in [1.29, 1.82) is 0 Å². The molecule has 6 heteroatoms. The Kier molecular flexibility index (Phi) is 8.29. The van der Waals surface area contributed by atoms with Crippen molar-refractivity contribution in [2.45, 2.75) is 19.0 Å². The molecule has 1 atom stereocenters. The first-order valence-electron chi connectivity index (χ1n) is 8.73. The summed E-state index contributed by atoms with van der Waals surface area (Å²) in [4.78, 5) is 5.23. The van der Waals surface area contributed by atoms with Gasteiger partial charge in [0, 0.05) is 59.0 Å². The molecule has 1 aromatic carbocycles. The van der Waals surface area contributed by atoms with Crippen LogP contribution in [-0.2, 0) is 11.3 Å². The van der Waals surface area contributed by atoms with Gasteiger partial charge in [-0.2, -0.15) is 0 Å². The first kappa shape index (κ1) is 19.5. The molecule has 1 N–H and O–H groups in total. The molecule has 24 heavy (non-hydrogen) atoms. The average Bonchev–Trinajstić information content (AvgIpc) is 3.06. The molecule has 5 nitrogen and oxygen atoms in total. The van der Waals surface area contributed by atoms with E-state index >= 15 is 0 Å². The van der Waals surface area contributed by atoms with E-state index in [1.54, 1.807) is 7.11 Å². The van der Waals surface area contributed by atoms with Gasteiger partial charge in [-0.1, -0.05) is 12.1 Å². The third-order valence-corrected chi connectivity index (χ3v) is 4.80. The van der Waals surface area contributed by atoms with Crippen molar-refractivity contribution in [3.63, 3.8) is 0 Å². The van der Waals surface area contributed by atoms with Crippen molar-refractivity contribution in [3.05, 3.63) is 29.8 Å². The summed E-state index contributed by atoms with van der Waals surface area (Å²) >= 11 is 0. The standard InChI is InChI=1S/C18H29N3O2.ClH/c1-22-12-13-23-18-4-2-16(3-5-18)14-20-9-6-17(15-20)21-10-7-19-8-11-21;/h2-5,17,19H,6-15H2,1H3;1H. The molecule has 0 spiro atoms. The molecular weight excluding hydrogens is 326 g/mol. The summed E-state index contributed by atoms with van der Waals surface area (Å²) in [5, 5.41) is 3.44. The van der Waals surface area contributed by atoms with Gasteiger partial charge in [0.05, 0.1) is 6.61 Å². The van der Waals surface area contributed by atoms with E-state index in [9.17, 15) is 0 Å². The van der Waals surface area contributed by atoms with Crippen molar-refractivity contribution in [1.82, 2.24) is 15.1 Å². The highest BCUT2D eigenvalue weighted by molar-refractivity contribution is 5.85. The van der Waals surface area contributed by atoms with E-state index in [0.29, 0.717) is 13.2 Å². The Morgan fingerprint density at radius 3 is 2.54 bits per heavy atom. The molecule has 2 fully saturated rings. The van der Waals surface area contributed by atoms with Gasteiger partial charge in [-0.05, 0) is 24.1 Å². The van der Waals surface area contributed by atoms with Gasteiger partial charge in [0.25, 0.3) is 0 Å². The fraction of sp³-hybridized carbons (Fsp3) is 0.667. The highest BCUT2D eigenvalue weighted by atomic mass is 35.5. The second kappa shape index (κ2) is 10.2. The number of nitrogens with zero attached hydrogens (tertiary/aromatic N) is 2. The number of ether oxygens (including phenoxy) is 2. The van der Waals surface area contributed by atoms with Gasteiger partial charge in [0.15, 0.2) is 0 Å². The van der Waals surface area contributed by atoms with Crippen LogP contribution in [0.1, 0.15) is 12.0 Å². The van der Waals surface area contributed by atoms with Crippen LogP contribution in [0.3, 0.4) is 0 Å². The fourth-order valence-corrected chi connectivity index (χ4v) is 3.49. The van der Waals surface area contributed by atoms with Gasteiger partial charge >= 0.3 is 0 Å². The van der Waals surface area contributed by atoms with Gasteiger partial charge in [-0.25, -0.2) is 0 Å². The van der Waals surface area contributed by atoms with Crippen LogP contribution in [0.2, 0.25) is 0 Å². The van der Waals surface area contributed by atoms with Gasteiger partial charge in [-0.15, -0.1) is 12.4 Å². The second-order valence-corrected chi connectivity index (χ2v) is 6.45. The highest BCUT2D eigenvalue weighted by Crippen LogP contribution is 2.20. The molecule has 0 saturated carbocycles. The number of likely N-dealkylation sites (tertiary alicyclic amines) is 1. The fourth-order valence-electron chi connectivity index (χ4n) is 3.49. The third-order valence-electron chi connectivity index (χ3n) is 4.80. The Labute approximate surface area is 151 Å². The number of hydrogen-bond donors (Lipinski definition) is 1. The van der Waals surface area contributed by atoms with Crippen LogP contribution in [0.15, 0.2) is 24.3 Å². The highest BCUT2D eigenvalue weighted by Gasteiger charge is 2.28. The van der Waals surface area contributed by atoms with Crippen molar-refractivity contribution < 1.29 is 9.47 Å². The van der Waals surface area contributed by atoms with Gasteiger partial charge in [0.1, 0.15) is 12.4 Å². The SMILES string of the molecule is COCCOc1ccc(CN2CCC(N3CCNCC3)C2)cc1.Cl. The smallest absolute Gasteiger partial charge is 0.119 e. The monoisotopic (exact) mass is 355 g/mol. The van der Waals surface area contributed by atoms with E-state index in [1.165, 1.54) is 38.2 Å². The Balaban J connectivity index is 0.00000208. The lowest BCUT2D eigenvalue weighted by molar-refractivity contribution is 0.146.